The molecule has 0 bridgehead atoms. The van der Waals surface area contributed by atoms with Crippen LogP contribution in [-0.2, 0) is 4.79 Å². The van der Waals surface area contributed by atoms with Gasteiger partial charge in [-0.25, -0.2) is 0 Å². The van der Waals surface area contributed by atoms with Crippen LogP contribution in [0.25, 0.3) is 0 Å². The van der Waals surface area contributed by atoms with Crippen LogP contribution in [-0.4, -0.2) is 22.7 Å². The Labute approximate surface area is 166 Å². The summed E-state index contributed by atoms with van der Waals surface area (Å²) in [5, 5.41) is 11.4. The second kappa shape index (κ2) is 8.70. The van der Waals surface area contributed by atoms with Crippen molar-refractivity contribution in [3.8, 4) is 17.4 Å². The van der Waals surface area contributed by atoms with Crippen molar-refractivity contribution in [2.24, 2.45) is 0 Å². The summed E-state index contributed by atoms with van der Waals surface area (Å²) < 4.78 is 11.0. The summed E-state index contributed by atoms with van der Waals surface area (Å²) in [6, 6.07) is 15.2. The van der Waals surface area contributed by atoms with Crippen LogP contribution in [0.15, 0.2) is 54.6 Å². The molecule has 138 valence electrons. The molecule has 3 rings (SSSR count). The molecular weight excluding hydrogens is 389 g/mol. The third-order valence-corrected chi connectivity index (χ3v) is 3.92. The highest BCUT2D eigenvalue weighted by Crippen LogP contribution is 2.27. The van der Waals surface area contributed by atoms with E-state index in [9.17, 15) is 4.79 Å². The molecule has 0 saturated heterocycles. The zero-order valence-electron chi connectivity index (χ0n) is 14.3. The molecule has 0 radical (unpaired) electrons. The van der Waals surface area contributed by atoms with E-state index in [1.54, 1.807) is 48.5 Å². The van der Waals surface area contributed by atoms with Gasteiger partial charge in [-0.05, 0) is 55.5 Å². The molecule has 0 spiro atoms. The molecule has 1 amide bonds. The number of carbonyl (C=O) groups excluding carboxylic acids is 1. The molecular formula is C19H15Cl2N3O3. The number of rotatable bonds is 6. The largest absolute Gasteiger partial charge is 0.482 e. The third kappa shape index (κ3) is 5.57. The van der Waals surface area contributed by atoms with E-state index in [0.29, 0.717) is 33.1 Å². The Kier molecular flexibility index (Phi) is 6.11. The maximum Gasteiger partial charge on any atom is 0.262 e. The van der Waals surface area contributed by atoms with Crippen LogP contribution in [0.2, 0.25) is 10.0 Å². The van der Waals surface area contributed by atoms with Crippen molar-refractivity contribution in [1.29, 1.82) is 0 Å². The number of ether oxygens (including phenoxy) is 2. The van der Waals surface area contributed by atoms with Crippen molar-refractivity contribution < 1.29 is 14.3 Å². The summed E-state index contributed by atoms with van der Waals surface area (Å²) in [5.41, 5.74) is 1.41. The van der Waals surface area contributed by atoms with Crippen LogP contribution < -0.4 is 14.8 Å². The number of nitrogens with zero attached hydrogens (tertiary/aromatic N) is 2. The van der Waals surface area contributed by atoms with Crippen LogP contribution >= 0.6 is 23.2 Å². The summed E-state index contributed by atoms with van der Waals surface area (Å²) in [6.07, 6.45) is 0. The zero-order chi connectivity index (χ0) is 19.2. The molecule has 8 heteroatoms. The van der Waals surface area contributed by atoms with Crippen molar-refractivity contribution in [1.82, 2.24) is 10.2 Å². The predicted octanol–water partition coefficient (Wildman–Crippen LogP) is 4.90. The van der Waals surface area contributed by atoms with E-state index < -0.39 is 0 Å². The van der Waals surface area contributed by atoms with Gasteiger partial charge in [0.05, 0.1) is 10.7 Å². The van der Waals surface area contributed by atoms with Crippen LogP contribution in [0.1, 0.15) is 5.69 Å². The highest BCUT2D eigenvalue weighted by atomic mass is 35.5. The summed E-state index contributed by atoms with van der Waals surface area (Å²) in [6.45, 7) is 1.66. The normalized spacial score (nSPS) is 10.3. The van der Waals surface area contributed by atoms with Gasteiger partial charge in [-0.15, -0.1) is 5.10 Å². The van der Waals surface area contributed by atoms with E-state index >= 15 is 0 Å². The van der Waals surface area contributed by atoms with Gasteiger partial charge in [0, 0.05) is 16.8 Å². The van der Waals surface area contributed by atoms with E-state index in [2.05, 4.69) is 15.5 Å². The lowest BCUT2D eigenvalue weighted by molar-refractivity contribution is -0.118. The second-order valence-corrected chi connectivity index (χ2v) is 6.39. The monoisotopic (exact) mass is 403 g/mol. The summed E-state index contributed by atoms with van der Waals surface area (Å²) >= 11 is 11.8. The Bertz CT molecular complexity index is 932. The molecule has 3 aromatic rings. The highest BCUT2D eigenvalue weighted by Gasteiger charge is 2.07. The van der Waals surface area contributed by atoms with E-state index in [1.165, 1.54) is 0 Å². The van der Waals surface area contributed by atoms with Crippen molar-refractivity contribution in [2.75, 3.05) is 11.9 Å². The summed E-state index contributed by atoms with van der Waals surface area (Å²) in [5.74, 6) is 1.04. The summed E-state index contributed by atoms with van der Waals surface area (Å²) in [4.78, 5) is 12.0. The number of anilines is 1. The Balaban J connectivity index is 1.52. The van der Waals surface area contributed by atoms with E-state index in [1.807, 2.05) is 13.0 Å². The van der Waals surface area contributed by atoms with E-state index in [4.69, 9.17) is 32.7 Å². The SMILES string of the molecule is Cc1ccc(Oc2ccc(NC(=O)COc3ccc(Cl)cc3Cl)cc2)nn1. The standard InChI is InChI=1S/C19H15Cl2N3O3/c1-12-2-9-19(24-23-12)27-15-6-4-14(5-7-15)22-18(25)11-26-17-8-3-13(20)10-16(17)21/h2-10H,11H2,1H3,(H,22,25). The minimum atomic E-state index is -0.320. The fraction of sp³-hybridized carbons (Fsp3) is 0.105. The van der Waals surface area contributed by atoms with Crippen LogP contribution in [0.5, 0.6) is 17.4 Å². The van der Waals surface area contributed by atoms with Gasteiger partial charge < -0.3 is 14.8 Å². The first-order valence-electron chi connectivity index (χ1n) is 7.95. The van der Waals surface area contributed by atoms with Gasteiger partial charge in [-0.2, -0.15) is 5.10 Å². The minimum Gasteiger partial charge on any atom is -0.482 e. The molecule has 0 aliphatic carbocycles. The van der Waals surface area contributed by atoms with Crippen molar-refractivity contribution in [2.45, 2.75) is 6.92 Å². The Morgan fingerprint density at radius 1 is 1.04 bits per heavy atom. The molecule has 6 nitrogen and oxygen atoms in total. The van der Waals surface area contributed by atoms with Gasteiger partial charge in [0.2, 0.25) is 5.88 Å². The summed E-state index contributed by atoms with van der Waals surface area (Å²) in [7, 11) is 0. The van der Waals surface area contributed by atoms with Gasteiger partial charge in [0.15, 0.2) is 6.61 Å². The van der Waals surface area contributed by atoms with E-state index in [0.717, 1.165) is 5.69 Å². The maximum absolute atomic E-state index is 12.0. The smallest absolute Gasteiger partial charge is 0.262 e. The topological polar surface area (TPSA) is 73.3 Å². The van der Waals surface area contributed by atoms with Gasteiger partial charge in [-0.3, -0.25) is 4.79 Å². The Morgan fingerprint density at radius 2 is 1.81 bits per heavy atom. The molecule has 27 heavy (non-hydrogen) atoms. The number of aromatic nitrogens is 2. The van der Waals surface area contributed by atoms with Gasteiger partial charge in [0.25, 0.3) is 5.91 Å². The number of amides is 1. The number of carbonyl (C=O) groups is 1. The first-order chi connectivity index (χ1) is 13.0. The van der Waals surface area contributed by atoms with E-state index in [-0.39, 0.29) is 12.5 Å². The number of nitrogens with one attached hydrogen (secondary N) is 1. The number of hydrogen-bond acceptors (Lipinski definition) is 5. The average molecular weight is 404 g/mol. The second-order valence-electron chi connectivity index (χ2n) is 5.55. The fourth-order valence-corrected chi connectivity index (χ4v) is 2.56. The molecule has 1 N–H and O–H groups in total. The third-order valence-electron chi connectivity index (χ3n) is 3.39. The number of aryl methyl sites for hydroxylation is 1. The quantitative estimate of drug-likeness (QED) is 0.633. The molecule has 1 heterocycles. The number of benzene rings is 2. The molecule has 1 aromatic heterocycles. The lowest BCUT2D eigenvalue weighted by Gasteiger charge is -2.10. The fourth-order valence-electron chi connectivity index (χ4n) is 2.10. The molecule has 0 unspecified atom stereocenters. The number of halogens is 2. The Morgan fingerprint density at radius 3 is 2.48 bits per heavy atom. The molecule has 0 saturated carbocycles. The van der Waals surface area contributed by atoms with Crippen LogP contribution in [0.4, 0.5) is 5.69 Å². The number of hydrogen-bond donors (Lipinski definition) is 1. The minimum absolute atomic E-state index is 0.182. The van der Waals surface area contributed by atoms with Gasteiger partial charge in [-0.1, -0.05) is 23.2 Å². The first-order valence-corrected chi connectivity index (χ1v) is 8.71. The van der Waals surface area contributed by atoms with Gasteiger partial charge >= 0.3 is 0 Å². The zero-order valence-corrected chi connectivity index (χ0v) is 15.8. The highest BCUT2D eigenvalue weighted by molar-refractivity contribution is 6.35. The first kappa shape index (κ1) is 18.9. The lowest BCUT2D eigenvalue weighted by atomic mass is 10.3. The maximum atomic E-state index is 12.0. The van der Waals surface area contributed by atoms with Crippen molar-refractivity contribution >= 4 is 34.8 Å². The molecule has 0 aliphatic heterocycles. The van der Waals surface area contributed by atoms with Crippen molar-refractivity contribution in [3.05, 3.63) is 70.3 Å². The molecule has 0 fully saturated rings. The Hall–Kier alpha value is -2.83. The van der Waals surface area contributed by atoms with Crippen LogP contribution in [0.3, 0.4) is 0 Å². The van der Waals surface area contributed by atoms with Crippen LogP contribution in [0, 0.1) is 6.92 Å². The molecule has 2 aromatic carbocycles. The molecule has 0 aliphatic rings. The van der Waals surface area contributed by atoms with Gasteiger partial charge in [0.1, 0.15) is 11.5 Å². The average Bonchev–Trinajstić information content (AvgIpc) is 2.64. The predicted molar refractivity (Wildman–Crippen MR) is 104 cm³/mol. The molecule has 0 atom stereocenters. The lowest BCUT2D eigenvalue weighted by Crippen LogP contribution is -2.20. The van der Waals surface area contributed by atoms with Crippen molar-refractivity contribution in [3.63, 3.8) is 0 Å².